The molecule has 6 heteroatoms. The number of unbranched alkanes of at least 4 members (excludes halogenated alkanes) is 8. The minimum absolute atomic E-state index is 0. The summed E-state index contributed by atoms with van der Waals surface area (Å²) in [5.41, 5.74) is 10.7. The number of nitrogens with one attached hydrogen (secondary N) is 2. The van der Waals surface area contributed by atoms with Crippen LogP contribution in [0.3, 0.4) is 0 Å². The molecular weight excluding hydrogens is 312 g/mol. The maximum atomic E-state index is 11.5. The number of primary amides is 1. The fourth-order valence-corrected chi connectivity index (χ4v) is 2.69. The molecule has 1 amide bonds. The molecular formula is C17H37ClN4O. The van der Waals surface area contributed by atoms with Gasteiger partial charge in [0.25, 0.3) is 0 Å². The Morgan fingerprint density at radius 3 is 1.87 bits per heavy atom. The Labute approximate surface area is 148 Å². The maximum Gasteiger partial charge on any atom is 0.220 e. The summed E-state index contributed by atoms with van der Waals surface area (Å²) in [6.45, 7) is 2.93. The van der Waals surface area contributed by atoms with Crippen LogP contribution in [-0.4, -0.2) is 18.4 Å². The lowest BCUT2D eigenvalue weighted by molar-refractivity contribution is -0.122. The van der Waals surface area contributed by atoms with Crippen molar-refractivity contribution in [2.45, 2.75) is 84.0 Å². The van der Waals surface area contributed by atoms with Gasteiger partial charge in [0.2, 0.25) is 5.91 Å². The molecule has 0 saturated carbocycles. The zero-order valence-corrected chi connectivity index (χ0v) is 15.6. The van der Waals surface area contributed by atoms with Gasteiger partial charge in [-0.25, -0.2) is 0 Å². The van der Waals surface area contributed by atoms with Crippen LogP contribution in [0.15, 0.2) is 0 Å². The summed E-state index contributed by atoms with van der Waals surface area (Å²) in [4.78, 5) is 11.5. The van der Waals surface area contributed by atoms with Gasteiger partial charge in [-0.2, -0.15) is 0 Å². The van der Waals surface area contributed by atoms with Crippen molar-refractivity contribution >= 4 is 24.3 Å². The first-order valence-corrected chi connectivity index (χ1v) is 8.95. The number of nitrogens with two attached hydrogens (primary N) is 2. The molecule has 0 saturated heterocycles. The van der Waals surface area contributed by atoms with Gasteiger partial charge in [0, 0.05) is 12.5 Å². The number of guanidine groups is 1. The van der Waals surface area contributed by atoms with E-state index in [0.717, 1.165) is 32.1 Å². The molecule has 0 heterocycles. The highest BCUT2D eigenvalue weighted by atomic mass is 35.5. The molecule has 0 aromatic heterocycles. The van der Waals surface area contributed by atoms with Crippen LogP contribution in [0.2, 0.25) is 0 Å². The van der Waals surface area contributed by atoms with Crippen molar-refractivity contribution < 1.29 is 4.79 Å². The number of rotatable bonds is 15. The SMILES string of the molecule is CCCCCCCCCCC(CCCCNC(=N)N)C(N)=O.Cl. The summed E-state index contributed by atoms with van der Waals surface area (Å²) in [7, 11) is 0. The Bertz CT molecular complexity index is 300. The quantitative estimate of drug-likeness (QED) is 0.206. The standard InChI is InChI=1S/C17H36N4O.ClH/c1-2-3-4-5-6-7-8-9-12-15(16(18)22)13-10-11-14-21-17(19)20;/h15H,2-14H2,1H3,(H2,18,22)(H4,19,20,21);1H. The highest BCUT2D eigenvalue weighted by molar-refractivity contribution is 5.85. The number of halogens is 1. The van der Waals surface area contributed by atoms with Gasteiger partial charge in [0.05, 0.1) is 0 Å². The smallest absolute Gasteiger partial charge is 0.220 e. The number of hydrogen-bond donors (Lipinski definition) is 4. The van der Waals surface area contributed by atoms with E-state index >= 15 is 0 Å². The first-order valence-electron chi connectivity index (χ1n) is 8.95. The lowest BCUT2D eigenvalue weighted by Crippen LogP contribution is -2.31. The summed E-state index contributed by atoms with van der Waals surface area (Å²) in [6.07, 6.45) is 13.9. The van der Waals surface area contributed by atoms with Crippen molar-refractivity contribution in [2.24, 2.45) is 17.4 Å². The minimum Gasteiger partial charge on any atom is -0.370 e. The summed E-state index contributed by atoms with van der Waals surface area (Å²) >= 11 is 0. The molecule has 138 valence electrons. The third kappa shape index (κ3) is 17.2. The van der Waals surface area contributed by atoms with Crippen molar-refractivity contribution in [1.29, 1.82) is 5.41 Å². The van der Waals surface area contributed by atoms with Crippen molar-refractivity contribution in [3.05, 3.63) is 0 Å². The van der Waals surface area contributed by atoms with Crippen molar-refractivity contribution in [3.8, 4) is 0 Å². The predicted octanol–water partition coefficient (Wildman–Crippen LogP) is 3.69. The highest BCUT2D eigenvalue weighted by Gasteiger charge is 2.14. The number of carbonyl (C=O) groups is 1. The molecule has 23 heavy (non-hydrogen) atoms. The highest BCUT2D eigenvalue weighted by Crippen LogP contribution is 2.17. The molecule has 0 fully saturated rings. The Morgan fingerprint density at radius 1 is 0.913 bits per heavy atom. The topological polar surface area (TPSA) is 105 Å². The van der Waals surface area contributed by atoms with Crippen molar-refractivity contribution in [2.75, 3.05) is 6.54 Å². The van der Waals surface area contributed by atoms with Crippen molar-refractivity contribution in [3.63, 3.8) is 0 Å². The van der Waals surface area contributed by atoms with Crippen LogP contribution in [0, 0.1) is 11.3 Å². The van der Waals surface area contributed by atoms with E-state index in [2.05, 4.69) is 12.2 Å². The fourth-order valence-electron chi connectivity index (χ4n) is 2.69. The second-order valence-electron chi connectivity index (χ2n) is 6.20. The first kappa shape index (κ1) is 24.3. The monoisotopic (exact) mass is 348 g/mol. The molecule has 0 rings (SSSR count). The van der Waals surface area contributed by atoms with Crippen molar-refractivity contribution in [1.82, 2.24) is 5.32 Å². The molecule has 0 aliphatic rings. The third-order valence-electron chi connectivity index (χ3n) is 4.10. The largest absolute Gasteiger partial charge is 0.370 e. The van der Waals surface area contributed by atoms with Crippen LogP contribution in [0.4, 0.5) is 0 Å². The molecule has 0 aromatic rings. The molecule has 1 unspecified atom stereocenters. The lowest BCUT2D eigenvalue weighted by Gasteiger charge is -2.13. The average Bonchev–Trinajstić information content (AvgIpc) is 2.46. The second-order valence-corrected chi connectivity index (χ2v) is 6.20. The van der Waals surface area contributed by atoms with E-state index in [1.165, 1.54) is 44.9 Å². The van der Waals surface area contributed by atoms with E-state index < -0.39 is 0 Å². The number of carbonyl (C=O) groups excluding carboxylic acids is 1. The molecule has 0 aliphatic carbocycles. The van der Waals surface area contributed by atoms with Crippen LogP contribution in [0.5, 0.6) is 0 Å². The van der Waals surface area contributed by atoms with E-state index in [1.54, 1.807) is 0 Å². The lowest BCUT2D eigenvalue weighted by atomic mass is 9.94. The van der Waals surface area contributed by atoms with E-state index in [9.17, 15) is 4.79 Å². The molecule has 6 N–H and O–H groups in total. The van der Waals surface area contributed by atoms with E-state index in [-0.39, 0.29) is 30.2 Å². The average molecular weight is 349 g/mol. The van der Waals surface area contributed by atoms with Crippen LogP contribution in [-0.2, 0) is 4.79 Å². The summed E-state index contributed by atoms with van der Waals surface area (Å²) in [5, 5.41) is 9.83. The summed E-state index contributed by atoms with van der Waals surface area (Å²) in [5.74, 6) is -0.148. The molecule has 1 atom stereocenters. The molecule has 0 radical (unpaired) electrons. The molecule has 0 bridgehead atoms. The normalized spacial score (nSPS) is 11.5. The fraction of sp³-hybridized carbons (Fsp3) is 0.882. The Kier molecular flexibility index (Phi) is 18.4. The first-order chi connectivity index (χ1) is 10.6. The van der Waals surface area contributed by atoms with E-state index in [4.69, 9.17) is 16.9 Å². The number of amides is 1. The molecule has 0 spiro atoms. The van der Waals surface area contributed by atoms with E-state index in [1.807, 2.05) is 0 Å². The molecule has 5 nitrogen and oxygen atoms in total. The molecule has 0 aliphatic heterocycles. The maximum absolute atomic E-state index is 11.5. The Balaban J connectivity index is 0. The van der Waals surface area contributed by atoms with Gasteiger partial charge in [-0.3, -0.25) is 10.2 Å². The van der Waals surface area contributed by atoms with Gasteiger partial charge in [-0.15, -0.1) is 12.4 Å². The third-order valence-corrected chi connectivity index (χ3v) is 4.10. The minimum atomic E-state index is -0.164. The summed E-state index contributed by atoms with van der Waals surface area (Å²) < 4.78 is 0. The van der Waals surface area contributed by atoms with Crippen LogP contribution >= 0.6 is 12.4 Å². The van der Waals surface area contributed by atoms with Gasteiger partial charge >= 0.3 is 0 Å². The number of hydrogen-bond acceptors (Lipinski definition) is 2. The van der Waals surface area contributed by atoms with Gasteiger partial charge < -0.3 is 16.8 Å². The van der Waals surface area contributed by atoms with Gasteiger partial charge in [-0.05, 0) is 19.3 Å². The predicted molar refractivity (Wildman–Crippen MR) is 101 cm³/mol. The second kappa shape index (κ2) is 17.4. The zero-order valence-electron chi connectivity index (χ0n) is 14.7. The van der Waals surface area contributed by atoms with Crippen LogP contribution in [0.1, 0.15) is 84.0 Å². The Morgan fingerprint density at radius 2 is 1.39 bits per heavy atom. The zero-order chi connectivity index (χ0) is 16.6. The van der Waals surface area contributed by atoms with E-state index in [0.29, 0.717) is 6.54 Å². The summed E-state index contributed by atoms with van der Waals surface area (Å²) in [6, 6.07) is 0. The van der Waals surface area contributed by atoms with Crippen LogP contribution in [0.25, 0.3) is 0 Å². The molecule has 0 aromatic carbocycles. The van der Waals surface area contributed by atoms with Gasteiger partial charge in [-0.1, -0.05) is 64.7 Å². The van der Waals surface area contributed by atoms with Gasteiger partial charge in [0.1, 0.15) is 0 Å². The Hall–Kier alpha value is -0.970. The van der Waals surface area contributed by atoms with Gasteiger partial charge in [0.15, 0.2) is 5.96 Å². The van der Waals surface area contributed by atoms with Crippen LogP contribution < -0.4 is 16.8 Å².